The Balaban J connectivity index is 1.14. The minimum atomic E-state index is 0.525. The number of nitrogens with one attached hydrogen (secondary N) is 1. The quantitative estimate of drug-likeness (QED) is 0.739. The number of methoxy groups -OCH3 is 1. The average Bonchev–Trinajstić information content (AvgIpc) is 2.77. The Morgan fingerprint density at radius 3 is 2.55 bits per heavy atom. The lowest BCUT2D eigenvalue weighted by molar-refractivity contribution is -0.0444. The van der Waals surface area contributed by atoms with Gasteiger partial charge in [-0.05, 0) is 74.2 Å². The number of hydrogen-bond donors (Lipinski definition) is 1. The zero-order valence-corrected chi connectivity index (χ0v) is 18.6. The van der Waals surface area contributed by atoms with E-state index in [1.807, 2.05) is 12.1 Å². The van der Waals surface area contributed by atoms with Gasteiger partial charge in [-0.25, -0.2) is 9.97 Å². The highest BCUT2D eigenvalue weighted by Gasteiger charge is 2.50. The minimum absolute atomic E-state index is 0.525. The van der Waals surface area contributed by atoms with E-state index in [2.05, 4.69) is 32.3 Å². The minimum Gasteiger partial charge on any atom is -0.496 e. The summed E-state index contributed by atoms with van der Waals surface area (Å²) in [6.45, 7) is 3.90. The van der Waals surface area contributed by atoms with Gasteiger partial charge >= 0.3 is 0 Å². The second-order valence-corrected chi connectivity index (χ2v) is 10.7. The van der Waals surface area contributed by atoms with Gasteiger partial charge in [0.15, 0.2) is 0 Å². The van der Waals surface area contributed by atoms with Crippen LogP contribution in [0.3, 0.4) is 0 Å². The van der Waals surface area contributed by atoms with Crippen molar-refractivity contribution in [2.75, 3.05) is 25.5 Å². The first-order chi connectivity index (χ1) is 15.2. The molecule has 4 aliphatic carbocycles. The van der Waals surface area contributed by atoms with Crippen molar-refractivity contribution in [2.45, 2.75) is 58.0 Å². The molecule has 5 heteroatoms. The molecule has 1 aliphatic heterocycles. The lowest BCUT2D eigenvalue weighted by Gasteiger charge is -2.57. The number of anilines is 1. The predicted molar refractivity (Wildman–Crippen MR) is 122 cm³/mol. The van der Waals surface area contributed by atoms with Crippen LogP contribution in [0.5, 0.6) is 5.75 Å². The number of fused-ring (bicyclic) bond motifs is 1. The molecule has 5 nitrogen and oxygen atoms in total. The van der Waals surface area contributed by atoms with Gasteiger partial charge < -0.3 is 10.1 Å². The number of hydrogen-bond acceptors (Lipinski definition) is 5. The van der Waals surface area contributed by atoms with Crippen molar-refractivity contribution >= 4 is 5.82 Å². The van der Waals surface area contributed by atoms with Crippen molar-refractivity contribution in [3.05, 3.63) is 47.4 Å². The number of rotatable bonds is 6. The summed E-state index contributed by atoms with van der Waals surface area (Å²) in [7, 11) is 1.75. The molecule has 2 heterocycles. The van der Waals surface area contributed by atoms with Crippen molar-refractivity contribution in [2.24, 2.45) is 23.2 Å². The first kappa shape index (κ1) is 19.5. The highest BCUT2D eigenvalue weighted by Crippen LogP contribution is 2.59. The van der Waals surface area contributed by atoms with E-state index in [0.29, 0.717) is 5.41 Å². The fraction of sp³-hybridized carbons (Fsp3) is 0.615. The molecule has 0 saturated heterocycles. The predicted octanol–water partition coefficient (Wildman–Crippen LogP) is 4.67. The summed E-state index contributed by atoms with van der Waals surface area (Å²) in [5, 5.41) is 3.82. The van der Waals surface area contributed by atoms with Gasteiger partial charge in [0.25, 0.3) is 0 Å². The summed E-state index contributed by atoms with van der Waals surface area (Å²) >= 11 is 0. The summed E-state index contributed by atoms with van der Waals surface area (Å²) in [5.41, 5.74) is 4.28. The summed E-state index contributed by atoms with van der Waals surface area (Å²) in [6.07, 6.45) is 11.6. The van der Waals surface area contributed by atoms with E-state index >= 15 is 0 Å². The molecule has 1 aromatic heterocycles. The number of nitrogens with zero attached hydrogens (tertiary/aromatic N) is 3. The van der Waals surface area contributed by atoms with Crippen molar-refractivity contribution in [1.82, 2.24) is 14.9 Å². The molecule has 5 aliphatic rings. The topological polar surface area (TPSA) is 50.3 Å². The summed E-state index contributed by atoms with van der Waals surface area (Å²) in [5.74, 6) is 5.05. The maximum absolute atomic E-state index is 5.55. The molecule has 7 rings (SSSR count). The zero-order chi connectivity index (χ0) is 20.8. The van der Waals surface area contributed by atoms with Crippen LogP contribution in [0, 0.1) is 23.2 Å². The molecule has 0 spiro atoms. The van der Waals surface area contributed by atoms with E-state index in [0.717, 1.165) is 61.9 Å². The molecule has 164 valence electrons. The summed E-state index contributed by atoms with van der Waals surface area (Å²) in [4.78, 5) is 11.8. The fourth-order valence-electron chi connectivity index (χ4n) is 7.55. The molecule has 31 heavy (non-hydrogen) atoms. The first-order valence-corrected chi connectivity index (χ1v) is 12.1. The van der Waals surface area contributed by atoms with Crippen LogP contribution >= 0.6 is 0 Å². The van der Waals surface area contributed by atoms with Crippen LogP contribution in [0.2, 0.25) is 0 Å². The standard InChI is InChI=1S/C26H34N4O/c1-31-24-5-3-2-4-21(24)14-30-7-6-22-23(15-30)28-17-29-25(22)27-16-26-11-18-8-19(12-26)10-20(9-18)13-26/h2-5,17-20H,6-16H2,1H3,(H,27,28,29). The highest BCUT2D eigenvalue weighted by molar-refractivity contribution is 5.47. The van der Waals surface area contributed by atoms with Crippen molar-refractivity contribution in [3.8, 4) is 5.75 Å². The van der Waals surface area contributed by atoms with Crippen molar-refractivity contribution in [3.63, 3.8) is 0 Å². The van der Waals surface area contributed by atoms with E-state index in [-0.39, 0.29) is 0 Å². The maximum atomic E-state index is 5.55. The molecule has 1 aromatic carbocycles. The van der Waals surface area contributed by atoms with E-state index in [9.17, 15) is 0 Å². The third-order valence-corrected chi connectivity index (χ3v) is 8.47. The SMILES string of the molecule is COc1ccccc1CN1CCc2c(ncnc2NCC23CC4CC(CC(C4)C2)C3)C1. The summed E-state index contributed by atoms with van der Waals surface area (Å²) in [6, 6.07) is 8.32. The maximum Gasteiger partial charge on any atom is 0.132 e. The van der Waals surface area contributed by atoms with Crippen molar-refractivity contribution < 1.29 is 4.74 Å². The lowest BCUT2D eigenvalue weighted by atomic mass is 9.49. The normalized spacial score (nSPS) is 31.5. The molecule has 4 fully saturated rings. The number of para-hydroxylation sites is 1. The van der Waals surface area contributed by atoms with E-state index in [1.165, 1.54) is 55.3 Å². The third-order valence-electron chi connectivity index (χ3n) is 8.47. The van der Waals surface area contributed by atoms with Crippen LogP contribution in [0.15, 0.2) is 30.6 Å². The zero-order valence-electron chi connectivity index (χ0n) is 18.6. The van der Waals surface area contributed by atoms with Gasteiger partial charge in [-0.3, -0.25) is 4.90 Å². The highest BCUT2D eigenvalue weighted by atomic mass is 16.5. The van der Waals surface area contributed by atoms with Crippen LogP contribution in [-0.4, -0.2) is 35.1 Å². The molecule has 4 bridgehead atoms. The monoisotopic (exact) mass is 418 g/mol. The van der Waals surface area contributed by atoms with Gasteiger partial charge in [-0.2, -0.15) is 0 Å². The molecule has 1 N–H and O–H groups in total. The lowest BCUT2D eigenvalue weighted by Crippen LogP contribution is -2.49. The Labute approximate surface area is 185 Å². The van der Waals surface area contributed by atoms with E-state index < -0.39 is 0 Å². The molecule has 2 aromatic rings. The van der Waals surface area contributed by atoms with Gasteiger partial charge in [-0.15, -0.1) is 0 Å². The Morgan fingerprint density at radius 1 is 1.06 bits per heavy atom. The van der Waals surface area contributed by atoms with Gasteiger partial charge in [-0.1, -0.05) is 18.2 Å². The third kappa shape index (κ3) is 3.71. The Morgan fingerprint density at radius 2 is 1.81 bits per heavy atom. The van der Waals surface area contributed by atoms with Gasteiger partial charge in [0.2, 0.25) is 0 Å². The Bertz CT molecular complexity index is 923. The van der Waals surface area contributed by atoms with Crippen molar-refractivity contribution in [1.29, 1.82) is 0 Å². The second kappa shape index (κ2) is 7.77. The number of benzene rings is 1. The van der Waals surface area contributed by atoms with Crippen LogP contribution in [0.4, 0.5) is 5.82 Å². The van der Waals surface area contributed by atoms with Crippen LogP contribution in [-0.2, 0) is 19.5 Å². The van der Waals surface area contributed by atoms with E-state index in [4.69, 9.17) is 4.74 Å². The number of aromatic nitrogens is 2. The molecule has 0 unspecified atom stereocenters. The molecule has 4 saturated carbocycles. The average molecular weight is 419 g/mol. The van der Waals surface area contributed by atoms with E-state index in [1.54, 1.807) is 13.4 Å². The molecular weight excluding hydrogens is 384 g/mol. The Kier molecular flexibility index (Phi) is 4.90. The number of ether oxygens (including phenoxy) is 1. The molecule has 0 atom stereocenters. The fourth-order valence-corrected chi connectivity index (χ4v) is 7.55. The second-order valence-electron chi connectivity index (χ2n) is 10.7. The first-order valence-electron chi connectivity index (χ1n) is 12.1. The molecule has 0 amide bonds. The Hall–Kier alpha value is -2.14. The van der Waals surface area contributed by atoms with Gasteiger partial charge in [0.05, 0.1) is 12.8 Å². The van der Waals surface area contributed by atoms with Gasteiger partial charge in [0, 0.05) is 37.3 Å². The van der Waals surface area contributed by atoms with Crippen LogP contribution < -0.4 is 10.1 Å². The van der Waals surface area contributed by atoms with Gasteiger partial charge in [0.1, 0.15) is 17.9 Å². The smallest absolute Gasteiger partial charge is 0.132 e. The largest absolute Gasteiger partial charge is 0.496 e. The molecular formula is C26H34N4O. The van der Waals surface area contributed by atoms with Crippen LogP contribution in [0.25, 0.3) is 0 Å². The van der Waals surface area contributed by atoms with Crippen LogP contribution in [0.1, 0.15) is 55.3 Å². The molecule has 0 radical (unpaired) electrons. The summed E-state index contributed by atoms with van der Waals surface area (Å²) < 4.78 is 5.55.